The van der Waals surface area contributed by atoms with Crippen LogP contribution in [0.15, 0.2) is 0 Å². The summed E-state index contributed by atoms with van der Waals surface area (Å²) in [4.78, 5) is 9.56. The highest BCUT2D eigenvalue weighted by Gasteiger charge is 2.00. The van der Waals surface area contributed by atoms with E-state index in [0.717, 1.165) is 0 Å². The monoisotopic (exact) mass is 560 g/mol. The molecule has 22 heavy (non-hydrogen) atoms. The molecule has 0 saturated heterocycles. The molecule has 0 aromatic heterocycles. The lowest BCUT2D eigenvalue weighted by Crippen LogP contribution is -1.95. The first-order valence-electron chi connectivity index (χ1n) is 4.57. The van der Waals surface area contributed by atoms with Gasteiger partial charge in [0.05, 0.1) is 26.7 Å². The predicted octanol–water partition coefficient (Wildman–Crippen LogP) is 8.88. The molecule has 0 aliphatic carbocycles. The quantitative estimate of drug-likeness (QED) is 0.306. The van der Waals surface area contributed by atoms with E-state index in [1.54, 1.807) is 0 Å². The summed E-state index contributed by atoms with van der Waals surface area (Å²) in [5.74, 6) is 0.0231. The molecule has 13 heteroatoms. The molecule has 0 N–H and O–H groups in total. The zero-order valence-corrected chi connectivity index (χ0v) is 20.3. The largest absolute Gasteiger partial charge is 0.300 e. The molecular formula is C9H16Cl12O. The van der Waals surface area contributed by atoms with Crippen LogP contribution in [0.4, 0.5) is 0 Å². The number of ketones is 1. The standard InChI is InChI=1S/C4H6Cl2O.5CH2Cl2/c1-3(7)2-4(5)6;5*2-1-3/h4H,2H2,1H3;5*1H2. The Morgan fingerprint density at radius 3 is 0.773 bits per heavy atom. The van der Waals surface area contributed by atoms with E-state index in [9.17, 15) is 4.79 Å². The van der Waals surface area contributed by atoms with E-state index in [1.807, 2.05) is 0 Å². The van der Waals surface area contributed by atoms with Crippen LogP contribution in [0.2, 0.25) is 0 Å². The zero-order chi connectivity index (χ0) is 19.4. The molecule has 0 aliphatic rings. The maximum Gasteiger partial charge on any atom is 0.132 e. The minimum Gasteiger partial charge on any atom is -0.300 e. The second kappa shape index (κ2) is 56.4. The van der Waals surface area contributed by atoms with Gasteiger partial charge in [0.25, 0.3) is 0 Å². The van der Waals surface area contributed by atoms with Gasteiger partial charge in [-0.2, -0.15) is 0 Å². The molecule has 0 spiro atoms. The Morgan fingerprint density at radius 1 is 0.636 bits per heavy atom. The lowest BCUT2D eigenvalue weighted by atomic mass is 10.4. The summed E-state index contributed by atoms with van der Waals surface area (Å²) in [6.45, 7) is 1.46. The molecule has 0 heterocycles. The van der Waals surface area contributed by atoms with Crippen LogP contribution in [0.5, 0.6) is 0 Å². The molecular weight excluding hydrogens is 550 g/mol. The van der Waals surface area contributed by atoms with Gasteiger partial charge in [0, 0.05) is 6.42 Å². The van der Waals surface area contributed by atoms with E-state index in [4.69, 9.17) is 139 Å². The molecule has 0 saturated carbocycles. The molecule has 0 atom stereocenters. The molecule has 0 aromatic rings. The third-order valence-corrected chi connectivity index (χ3v) is 0.750. The summed E-state index contributed by atoms with van der Waals surface area (Å²) in [6, 6.07) is 0. The van der Waals surface area contributed by atoms with Gasteiger partial charge >= 0.3 is 0 Å². The van der Waals surface area contributed by atoms with Crippen LogP contribution >= 0.6 is 139 Å². The summed E-state index contributed by atoms with van der Waals surface area (Å²) in [5.41, 5.74) is 0. The molecule has 1 nitrogen and oxygen atoms in total. The number of carbonyl (C=O) groups is 1. The van der Waals surface area contributed by atoms with Crippen molar-refractivity contribution in [2.24, 2.45) is 0 Å². The van der Waals surface area contributed by atoms with Gasteiger partial charge in [0.2, 0.25) is 0 Å². The molecule has 0 radical (unpaired) electrons. The van der Waals surface area contributed by atoms with Crippen LogP contribution < -0.4 is 0 Å². The maximum atomic E-state index is 10.1. The smallest absolute Gasteiger partial charge is 0.132 e. The number of halogens is 12. The van der Waals surface area contributed by atoms with Crippen LogP contribution in [0.1, 0.15) is 13.3 Å². The number of Topliss-reactive ketones (excluding diaryl/α,β-unsaturated/α-hetero) is 1. The van der Waals surface area contributed by atoms with Crippen molar-refractivity contribution < 1.29 is 4.79 Å². The van der Waals surface area contributed by atoms with Crippen molar-refractivity contribution in [1.29, 1.82) is 0 Å². The fraction of sp³-hybridized carbons (Fsp3) is 0.889. The lowest BCUT2D eigenvalue weighted by molar-refractivity contribution is -0.116. The Labute approximate surface area is 192 Å². The zero-order valence-electron chi connectivity index (χ0n) is 11.3. The fourth-order valence-corrected chi connectivity index (χ4v) is 0.652. The summed E-state index contributed by atoms with van der Waals surface area (Å²) < 4.78 is 0. The van der Waals surface area contributed by atoms with Gasteiger partial charge in [-0.15, -0.1) is 139 Å². The first kappa shape index (κ1) is 40.0. The number of alkyl halides is 12. The van der Waals surface area contributed by atoms with E-state index >= 15 is 0 Å². The lowest BCUT2D eigenvalue weighted by Gasteiger charge is -1.90. The minimum absolute atomic E-state index is 0.0231. The average molecular weight is 566 g/mol. The van der Waals surface area contributed by atoms with Gasteiger partial charge in [-0.1, -0.05) is 0 Å². The number of rotatable bonds is 2. The summed E-state index contributed by atoms with van der Waals surface area (Å²) in [6.07, 6.45) is 0.253. The van der Waals surface area contributed by atoms with Crippen LogP contribution in [-0.2, 0) is 4.79 Å². The van der Waals surface area contributed by atoms with Crippen LogP contribution in [0, 0.1) is 0 Å². The Hall–Kier alpha value is 3.15. The van der Waals surface area contributed by atoms with Crippen molar-refractivity contribution in [2.75, 3.05) is 26.7 Å². The Bertz CT molecular complexity index is 126. The number of carbonyl (C=O) groups excluding carboxylic acids is 1. The fourth-order valence-electron chi connectivity index (χ4n) is 0.217. The van der Waals surface area contributed by atoms with E-state index in [-0.39, 0.29) is 38.9 Å². The van der Waals surface area contributed by atoms with E-state index < -0.39 is 4.84 Å². The molecule has 0 fully saturated rings. The van der Waals surface area contributed by atoms with Crippen molar-refractivity contribution in [3.8, 4) is 0 Å². The van der Waals surface area contributed by atoms with Crippen molar-refractivity contribution in [1.82, 2.24) is 0 Å². The predicted molar refractivity (Wildman–Crippen MR) is 114 cm³/mol. The topological polar surface area (TPSA) is 17.1 Å². The molecule has 0 bridgehead atoms. The van der Waals surface area contributed by atoms with Crippen molar-refractivity contribution in [2.45, 2.75) is 18.2 Å². The second-order valence-corrected chi connectivity index (χ2v) is 7.12. The van der Waals surface area contributed by atoms with Gasteiger partial charge in [0.15, 0.2) is 0 Å². The van der Waals surface area contributed by atoms with Crippen LogP contribution in [-0.4, -0.2) is 37.3 Å². The highest BCUT2D eigenvalue weighted by atomic mass is 35.5. The molecule has 0 amide bonds. The molecule has 0 aromatic carbocycles. The van der Waals surface area contributed by atoms with E-state index in [0.29, 0.717) is 0 Å². The number of hydrogen-bond acceptors (Lipinski definition) is 1. The summed E-state index contributed by atoms with van der Waals surface area (Å²) in [7, 11) is 0. The van der Waals surface area contributed by atoms with E-state index in [2.05, 4.69) is 0 Å². The highest BCUT2D eigenvalue weighted by molar-refractivity contribution is 6.45. The van der Waals surface area contributed by atoms with Gasteiger partial charge in [-0.25, -0.2) is 0 Å². The van der Waals surface area contributed by atoms with Gasteiger partial charge in [-0.3, -0.25) is 4.79 Å². The minimum atomic E-state index is -0.530. The van der Waals surface area contributed by atoms with Gasteiger partial charge in [-0.05, 0) is 6.92 Å². The van der Waals surface area contributed by atoms with Crippen molar-refractivity contribution >= 4 is 145 Å². The summed E-state index contributed by atoms with van der Waals surface area (Å²) >= 11 is 58.1. The summed E-state index contributed by atoms with van der Waals surface area (Å²) in [5, 5.41) is 0.972. The average Bonchev–Trinajstić information content (AvgIpc) is 2.31. The Kier molecular flexibility index (Phi) is 103. The number of hydrogen-bond donors (Lipinski definition) is 0. The molecule has 0 aliphatic heterocycles. The van der Waals surface area contributed by atoms with E-state index in [1.165, 1.54) is 6.92 Å². The molecule has 0 rings (SSSR count). The Morgan fingerprint density at radius 2 is 0.773 bits per heavy atom. The first-order chi connectivity index (χ1) is 10.2. The van der Waals surface area contributed by atoms with Crippen LogP contribution in [0.25, 0.3) is 0 Å². The van der Waals surface area contributed by atoms with Crippen molar-refractivity contribution in [3.05, 3.63) is 0 Å². The highest BCUT2D eigenvalue weighted by Crippen LogP contribution is 2.05. The third-order valence-electron chi connectivity index (χ3n) is 0.442. The molecule has 142 valence electrons. The maximum absolute atomic E-state index is 10.1. The normalized spacial score (nSPS) is 7.18. The Balaban J connectivity index is -0.0000000371. The van der Waals surface area contributed by atoms with Gasteiger partial charge in [0.1, 0.15) is 10.6 Å². The first-order valence-corrected chi connectivity index (χ1v) is 10.8. The van der Waals surface area contributed by atoms with Crippen LogP contribution in [0.3, 0.4) is 0 Å². The SMILES string of the molecule is CC(=O)CC(Cl)Cl.ClCCl.ClCCl.ClCCl.ClCCl.ClCCl. The second-order valence-electron chi connectivity index (χ2n) is 1.80. The van der Waals surface area contributed by atoms with Crippen molar-refractivity contribution in [3.63, 3.8) is 0 Å². The third kappa shape index (κ3) is 222. The molecule has 0 unspecified atom stereocenters. The van der Waals surface area contributed by atoms with Gasteiger partial charge < -0.3 is 0 Å².